The average molecular weight is 295 g/mol. The van der Waals surface area contributed by atoms with Gasteiger partial charge < -0.3 is 10.2 Å². The van der Waals surface area contributed by atoms with E-state index in [0.29, 0.717) is 28.9 Å². The molecule has 5 nitrogen and oxygen atoms in total. The zero-order valence-electron chi connectivity index (χ0n) is 10.2. The molecule has 0 aliphatic carbocycles. The minimum absolute atomic E-state index is 0.0488. The lowest BCUT2D eigenvalue weighted by Gasteiger charge is -2.15. The smallest absolute Gasteiger partial charge is 0.286 e. The number of carbonyl (C=O) groups excluding carboxylic acids is 2. The highest BCUT2D eigenvalue weighted by atomic mass is 32.2. The monoisotopic (exact) mass is 295 g/mol. The summed E-state index contributed by atoms with van der Waals surface area (Å²) in [5, 5.41) is 3.19. The number of thioether (sulfide) groups is 2. The first kappa shape index (κ1) is 14.0. The third-order valence-electron chi connectivity index (χ3n) is 2.44. The molecule has 0 unspecified atom stereocenters. The highest BCUT2D eigenvalue weighted by molar-refractivity contribution is 8.18. The summed E-state index contributed by atoms with van der Waals surface area (Å²) in [5.41, 5.74) is 0.737. The van der Waals surface area contributed by atoms with Gasteiger partial charge in [0.05, 0.1) is 12.2 Å². The number of rotatable bonds is 4. The van der Waals surface area contributed by atoms with E-state index in [-0.39, 0.29) is 11.1 Å². The lowest BCUT2D eigenvalue weighted by Crippen LogP contribution is -2.25. The maximum absolute atomic E-state index is 11.9. The SMILES string of the molecule is C=CCN=C1NC(=O)C(=C2CSC(=O)N2CC=C)S1. The lowest BCUT2D eigenvalue weighted by molar-refractivity contribution is -0.115. The third-order valence-corrected chi connectivity index (χ3v) is 4.38. The molecule has 2 amide bonds. The number of amidine groups is 1. The quantitative estimate of drug-likeness (QED) is 0.636. The van der Waals surface area contributed by atoms with E-state index in [4.69, 9.17) is 0 Å². The van der Waals surface area contributed by atoms with Crippen LogP contribution >= 0.6 is 23.5 Å². The molecule has 0 aromatic carbocycles. The van der Waals surface area contributed by atoms with E-state index < -0.39 is 0 Å². The van der Waals surface area contributed by atoms with Crippen LogP contribution in [0.5, 0.6) is 0 Å². The molecule has 0 bridgehead atoms. The van der Waals surface area contributed by atoms with Gasteiger partial charge in [0, 0.05) is 12.3 Å². The molecule has 0 aromatic rings. The van der Waals surface area contributed by atoms with Gasteiger partial charge in [0.2, 0.25) is 0 Å². The first-order chi connectivity index (χ1) is 9.17. The predicted octanol–water partition coefficient (Wildman–Crippen LogP) is 1.96. The largest absolute Gasteiger partial charge is 0.301 e. The average Bonchev–Trinajstić information content (AvgIpc) is 2.92. The second-order valence-electron chi connectivity index (χ2n) is 3.72. The molecule has 0 saturated carbocycles. The van der Waals surface area contributed by atoms with Crippen molar-refractivity contribution in [3.8, 4) is 0 Å². The van der Waals surface area contributed by atoms with E-state index in [1.165, 1.54) is 23.5 Å². The molecular weight excluding hydrogens is 282 g/mol. The molecule has 0 atom stereocenters. The van der Waals surface area contributed by atoms with E-state index in [1.807, 2.05) is 0 Å². The summed E-state index contributed by atoms with van der Waals surface area (Å²) in [5.74, 6) is 0.309. The Hall–Kier alpha value is -1.47. The Bertz CT molecular complexity index is 511. The summed E-state index contributed by atoms with van der Waals surface area (Å²) >= 11 is 2.46. The maximum Gasteiger partial charge on any atom is 0.286 e. The fraction of sp³-hybridized carbons (Fsp3) is 0.250. The topological polar surface area (TPSA) is 61.8 Å². The molecular formula is C12H13N3O2S2. The molecule has 100 valence electrons. The standard InChI is InChI=1S/C12H13N3O2S2/c1-3-5-13-11-14-10(16)9(19-11)8-7-18-12(17)15(8)6-4-2/h3-4H,1-2,5-7H2,(H,13,14,16). The molecule has 2 fully saturated rings. The van der Waals surface area contributed by atoms with Crippen LogP contribution in [-0.2, 0) is 4.79 Å². The molecule has 0 aromatic heterocycles. The summed E-state index contributed by atoms with van der Waals surface area (Å²) in [6, 6.07) is 0. The molecule has 7 heteroatoms. The van der Waals surface area contributed by atoms with Gasteiger partial charge in [-0.25, -0.2) is 0 Å². The first-order valence-electron chi connectivity index (χ1n) is 5.60. The summed E-state index contributed by atoms with van der Waals surface area (Å²) in [7, 11) is 0. The van der Waals surface area contributed by atoms with Crippen molar-refractivity contribution < 1.29 is 9.59 Å². The summed E-state index contributed by atoms with van der Waals surface area (Å²) < 4.78 is 0. The zero-order valence-corrected chi connectivity index (χ0v) is 11.9. The highest BCUT2D eigenvalue weighted by Gasteiger charge is 2.35. The molecule has 19 heavy (non-hydrogen) atoms. The van der Waals surface area contributed by atoms with Crippen molar-refractivity contribution in [1.29, 1.82) is 0 Å². The zero-order chi connectivity index (χ0) is 13.8. The van der Waals surface area contributed by atoms with Gasteiger partial charge in [-0.1, -0.05) is 23.9 Å². The number of hydrogen-bond donors (Lipinski definition) is 1. The van der Waals surface area contributed by atoms with Gasteiger partial charge in [0.25, 0.3) is 11.1 Å². The van der Waals surface area contributed by atoms with Gasteiger partial charge in [0.15, 0.2) is 5.17 Å². The lowest BCUT2D eigenvalue weighted by atomic mass is 10.3. The van der Waals surface area contributed by atoms with Gasteiger partial charge >= 0.3 is 0 Å². The van der Waals surface area contributed by atoms with Gasteiger partial charge in [-0.3, -0.25) is 14.6 Å². The Morgan fingerprint density at radius 3 is 2.84 bits per heavy atom. The molecule has 0 spiro atoms. The van der Waals surface area contributed by atoms with Crippen LogP contribution in [0, 0.1) is 0 Å². The minimum atomic E-state index is -0.202. The van der Waals surface area contributed by atoms with Gasteiger partial charge in [-0.2, -0.15) is 0 Å². The Morgan fingerprint density at radius 2 is 2.16 bits per heavy atom. The molecule has 2 rings (SSSR count). The van der Waals surface area contributed by atoms with Crippen molar-refractivity contribution in [2.24, 2.45) is 4.99 Å². The number of hydrogen-bond acceptors (Lipinski definition) is 5. The number of nitrogens with one attached hydrogen (secondary N) is 1. The Balaban J connectivity index is 2.26. The van der Waals surface area contributed by atoms with Crippen LogP contribution in [0.15, 0.2) is 40.9 Å². The van der Waals surface area contributed by atoms with Crippen molar-refractivity contribution in [2.75, 3.05) is 18.8 Å². The van der Waals surface area contributed by atoms with Crippen LogP contribution in [0.25, 0.3) is 0 Å². The molecule has 0 radical (unpaired) electrons. The summed E-state index contributed by atoms with van der Waals surface area (Å²) in [4.78, 5) is 29.9. The number of amides is 2. The fourth-order valence-electron chi connectivity index (χ4n) is 1.63. The molecule has 2 aliphatic rings. The van der Waals surface area contributed by atoms with Crippen LogP contribution in [0.4, 0.5) is 4.79 Å². The van der Waals surface area contributed by atoms with E-state index in [9.17, 15) is 9.59 Å². The number of carbonyl (C=O) groups is 2. The van der Waals surface area contributed by atoms with Crippen LogP contribution in [0.2, 0.25) is 0 Å². The Morgan fingerprint density at radius 1 is 1.37 bits per heavy atom. The van der Waals surface area contributed by atoms with Crippen LogP contribution in [0.3, 0.4) is 0 Å². The van der Waals surface area contributed by atoms with Crippen molar-refractivity contribution in [2.45, 2.75) is 0 Å². The third kappa shape index (κ3) is 2.93. The Kier molecular flexibility index (Phi) is 4.49. The second-order valence-corrected chi connectivity index (χ2v) is 5.65. The van der Waals surface area contributed by atoms with Gasteiger partial charge in [-0.15, -0.1) is 13.2 Å². The van der Waals surface area contributed by atoms with Crippen molar-refractivity contribution in [3.63, 3.8) is 0 Å². The fourth-order valence-corrected chi connectivity index (χ4v) is 3.54. The maximum atomic E-state index is 11.9. The van der Waals surface area contributed by atoms with Crippen molar-refractivity contribution in [1.82, 2.24) is 10.2 Å². The summed E-state index contributed by atoms with van der Waals surface area (Å²) in [6.45, 7) is 8.07. The minimum Gasteiger partial charge on any atom is -0.301 e. The van der Waals surface area contributed by atoms with E-state index in [0.717, 1.165) is 5.70 Å². The highest BCUT2D eigenvalue weighted by Crippen LogP contribution is 2.35. The van der Waals surface area contributed by atoms with E-state index in [1.54, 1.807) is 17.1 Å². The molecule has 2 aliphatic heterocycles. The predicted molar refractivity (Wildman–Crippen MR) is 80.0 cm³/mol. The van der Waals surface area contributed by atoms with Crippen molar-refractivity contribution in [3.05, 3.63) is 35.9 Å². The molecule has 2 heterocycles. The van der Waals surface area contributed by atoms with E-state index >= 15 is 0 Å². The Labute approximate surface area is 119 Å². The van der Waals surface area contributed by atoms with Crippen LogP contribution in [-0.4, -0.2) is 40.1 Å². The molecule has 1 N–H and O–H groups in total. The second kappa shape index (κ2) is 6.12. The van der Waals surface area contributed by atoms with Crippen molar-refractivity contribution >= 4 is 39.8 Å². The first-order valence-corrected chi connectivity index (χ1v) is 7.40. The number of aliphatic imine (C=N–C) groups is 1. The normalized spacial score (nSPS) is 25.1. The van der Waals surface area contributed by atoms with Crippen LogP contribution < -0.4 is 5.32 Å². The van der Waals surface area contributed by atoms with E-state index in [2.05, 4.69) is 23.5 Å². The number of nitrogens with zero attached hydrogens (tertiary/aromatic N) is 2. The summed E-state index contributed by atoms with van der Waals surface area (Å²) in [6.07, 6.45) is 3.30. The van der Waals surface area contributed by atoms with Gasteiger partial charge in [-0.05, 0) is 11.8 Å². The van der Waals surface area contributed by atoms with Gasteiger partial charge in [0.1, 0.15) is 4.91 Å². The molecule has 2 saturated heterocycles. The van der Waals surface area contributed by atoms with Crippen LogP contribution in [0.1, 0.15) is 0 Å².